The zero-order valence-electron chi connectivity index (χ0n) is 14.6. The lowest BCUT2D eigenvalue weighted by Crippen LogP contribution is -2.27. The summed E-state index contributed by atoms with van der Waals surface area (Å²) in [6.07, 6.45) is 2.14. The molecule has 0 saturated carbocycles. The van der Waals surface area contributed by atoms with Crippen molar-refractivity contribution in [2.75, 3.05) is 11.9 Å². The molecule has 1 atom stereocenters. The van der Waals surface area contributed by atoms with Crippen molar-refractivity contribution in [1.29, 1.82) is 0 Å². The summed E-state index contributed by atoms with van der Waals surface area (Å²) in [6, 6.07) is 0. The van der Waals surface area contributed by atoms with Gasteiger partial charge in [0.1, 0.15) is 28.1 Å². The fourth-order valence-corrected chi connectivity index (χ4v) is 4.50. The third-order valence-electron chi connectivity index (χ3n) is 4.93. The number of hydrogen-bond donors (Lipinski definition) is 1. The minimum Gasteiger partial charge on any atom is -0.369 e. The van der Waals surface area contributed by atoms with Gasteiger partial charge in [-0.1, -0.05) is 0 Å². The molecule has 0 radical (unpaired) electrons. The van der Waals surface area contributed by atoms with E-state index < -0.39 is 0 Å². The smallest absolute Gasteiger partial charge is 0.138 e. The number of thiophene rings is 1. The summed E-state index contributed by atoms with van der Waals surface area (Å²) in [5.41, 5.74) is 1.29. The van der Waals surface area contributed by atoms with Gasteiger partial charge in [-0.15, -0.1) is 21.5 Å². The largest absolute Gasteiger partial charge is 0.369 e. The molecule has 1 aliphatic heterocycles. The van der Waals surface area contributed by atoms with E-state index in [-0.39, 0.29) is 0 Å². The van der Waals surface area contributed by atoms with Gasteiger partial charge in [0.2, 0.25) is 0 Å². The Labute approximate surface area is 145 Å². The van der Waals surface area contributed by atoms with E-state index in [1.54, 1.807) is 11.3 Å². The van der Waals surface area contributed by atoms with Crippen LogP contribution in [0.25, 0.3) is 10.2 Å². The van der Waals surface area contributed by atoms with Crippen molar-refractivity contribution >= 4 is 27.4 Å². The van der Waals surface area contributed by atoms with Gasteiger partial charge in [0.25, 0.3) is 0 Å². The monoisotopic (exact) mass is 342 g/mol. The van der Waals surface area contributed by atoms with Gasteiger partial charge >= 0.3 is 0 Å². The lowest BCUT2D eigenvalue weighted by atomic mass is 9.99. The van der Waals surface area contributed by atoms with Gasteiger partial charge in [0.15, 0.2) is 0 Å². The highest BCUT2D eigenvalue weighted by molar-refractivity contribution is 7.18. The van der Waals surface area contributed by atoms with E-state index >= 15 is 0 Å². The standard InChI is InChI=1S/C17H22N6S/c1-9-10(2)24-17-15(9)16(19-11(3)20-17)18-7-13-5-6-14-22-21-12(4)23(14)8-13/h13H,5-8H2,1-4H3,(H,18,19,20). The summed E-state index contributed by atoms with van der Waals surface area (Å²) in [6.45, 7) is 10.2. The van der Waals surface area contributed by atoms with Crippen molar-refractivity contribution in [3.63, 3.8) is 0 Å². The quantitative estimate of drug-likeness (QED) is 0.792. The number of aromatic nitrogens is 5. The molecule has 3 aromatic heterocycles. The first-order chi connectivity index (χ1) is 11.5. The summed E-state index contributed by atoms with van der Waals surface area (Å²) < 4.78 is 2.25. The van der Waals surface area contributed by atoms with Crippen LogP contribution in [0, 0.1) is 33.6 Å². The summed E-state index contributed by atoms with van der Waals surface area (Å²) in [5, 5.41) is 13.2. The fraction of sp³-hybridized carbons (Fsp3) is 0.529. The van der Waals surface area contributed by atoms with E-state index in [9.17, 15) is 0 Å². The van der Waals surface area contributed by atoms with Crippen molar-refractivity contribution in [2.24, 2.45) is 5.92 Å². The third-order valence-corrected chi connectivity index (χ3v) is 6.03. The van der Waals surface area contributed by atoms with Crippen molar-refractivity contribution in [3.05, 3.63) is 27.9 Å². The molecule has 24 heavy (non-hydrogen) atoms. The first-order valence-corrected chi connectivity index (χ1v) is 9.21. The molecule has 126 valence electrons. The molecular formula is C17H22N6S. The van der Waals surface area contributed by atoms with Gasteiger partial charge in [0, 0.05) is 24.4 Å². The topological polar surface area (TPSA) is 68.5 Å². The van der Waals surface area contributed by atoms with Crippen LogP contribution in [0.5, 0.6) is 0 Å². The highest BCUT2D eigenvalue weighted by Crippen LogP contribution is 2.33. The molecular weight excluding hydrogens is 320 g/mol. The molecule has 0 spiro atoms. The van der Waals surface area contributed by atoms with Gasteiger partial charge in [-0.3, -0.25) is 0 Å². The number of hydrogen-bond acceptors (Lipinski definition) is 6. The number of anilines is 1. The third kappa shape index (κ3) is 2.56. The van der Waals surface area contributed by atoms with E-state index in [0.29, 0.717) is 5.92 Å². The van der Waals surface area contributed by atoms with E-state index in [2.05, 4.69) is 43.9 Å². The Hall–Kier alpha value is -2.02. The number of rotatable bonds is 3. The van der Waals surface area contributed by atoms with Gasteiger partial charge in [-0.2, -0.15) is 0 Å². The van der Waals surface area contributed by atoms with Gasteiger partial charge < -0.3 is 9.88 Å². The highest BCUT2D eigenvalue weighted by atomic mass is 32.1. The first-order valence-electron chi connectivity index (χ1n) is 8.40. The fourth-order valence-electron chi connectivity index (χ4n) is 3.42. The molecule has 4 rings (SSSR count). The van der Waals surface area contributed by atoms with Crippen LogP contribution in [0.4, 0.5) is 5.82 Å². The summed E-state index contributed by atoms with van der Waals surface area (Å²) in [4.78, 5) is 11.7. The minimum absolute atomic E-state index is 0.567. The van der Waals surface area contributed by atoms with Crippen LogP contribution in [-0.4, -0.2) is 31.3 Å². The van der Waals surface area contributed by atoms with Crippen molar-refractivity contribution in [1.82, 2.24) is 24.7 Å². The number of nitrogens with one attached hydrogen (secondary N) is 1. The lowest BCUT2D eigenvalue weighted by molar-refractivity contribution is 0.377. The van der Waals surface area contributed by atoms with Gasteiger partial charge in [-0.25, -0.2) is 9.97 Å². The molecule has 1 aliphatic rings. The second-order valence-electron chi connectivity index (χ2n) is 6.64. The molecule has 0 aliphatic carbocycles. The van der Waals surface area contributed by atoms with Crippen molar-refractivity contribution in [2.45, 2.75) is 47.1 Å². The van der Waals surface area contributed by atoms with Crippen LogP contribution in [-0.2, 0) is 13.0 Å². The summed E-state index contributed by atoms with van der Waals surface area (Å²) >= 11 is 1.75. The first kappa shape index (κ1) is 15.5. The maximum absolute atomic E-state index is 4.66. The average molecular weight is 342 g/mol. The lowest BCUT2D eigenvalue weighted by Gasteiger charge is -2.24. The SMILES string of the molecule is Cc1nc(NCC2CCc3nnc(C)n3C2)c2c(C)c(C)sc2n1. The van der Waals surface area contributed by atoms with Crippen molar-refractivity contribution < 1.29 is 0 Å². The van der Waals surface area contributed by atoms with Crippen LogP contribution in [0.3, 0.4) is 0 Å². The molecule has 0 aromatic carbocycles. The van der Waals surface area contributed by atoms with Gasteiger partial charge in [-0.05, 0) is 45.6 Å². The highest BCUT2D eigenvalue weighted by Gasteiger charge is 2.22. The average Bonchev–Trinajstić information content (AvgIpc) is 3.05. The number of nitrogens with zero attached hydrogens (tertiary/aromatic N) is 5. The van der Waals surface area contributed by atoms with Crippen LogP contribution in [0.2, 0.25) is 0 Å². The predicted octanol–water partition coefficient (Wildman–Crippen LogP) is 3.19. The minimum atomic E-state index is 0.567. The molecule has 1 N–H and O–H groups in total. The molecule has 0 bridgehead atoms. The zero-order valence-corrected chi connectivity index (χ0v) is 15.4. The molecule has 6 nitrogen and oxygen atoms in total. The summed E-state index contributed by atoms with van der Waals surface area (Å²) in [5.74, 6) is 4.50. The molecule has 7 heteroatoms. The maximum atomic E-state index is 4.66. The Bertz CT molecular complexity index is 910. The van der Waals surface area contributed by atoms with E-state index in [4.69, 9.17) is 0 Å². The number of aryl methyl sites for hydroxylation is 5. The zero-order chi connectivity index (χ0) is 16.8. The Morgan fingerprint density at radius 2 is 2.00 bits per heavy atom. The predicted molar refractivity (Wildman–Crippen MR) is 96.7 cm³/mol. The normalized spacial score (nSPS) is 17.2. The second kappa shape index (κ2) is 5.81. The number of fused-ring (bicyclic) bond motifs is 2. The van der Waals surface area contributed by atoms with E-state index in [1.807, 2.05) is 13.8 Å². The molecule has 0 saturated heterocycles. The second-order valence-corrected chi connectivity index (χ2v) is 7.85. The van der Waals surface area contributed by atoms with Crippen LogP contribution < -0.4 is 5.32 Å². The Morgan fingerprint density at radius 1 is 1.17 bits per heavy atom. The molecule has 3 aromatic rings. The molecule has 0 amide bonds. The van der Waals surface area contributed by atoms with Crippen LogP contribution in [0.1, 0.15) is 34.3 Å². The van der Waals surface area contributed by atoms with Crippen LogP contribution in [0.15, 0.2) is 0 Å². The molecule has 0 fully saturated rings. The molecule has 4 heterocycles. The Balaban J connectivity index is 1.56. The summed E-state index contributed by atoms with van der Waals surface area (Å²) in [7, 11) is 0. The van der Waals surface area contributed by atoms with E-state index in [0.717, 1.165) is 54.1 Å². The van der Waals surface area contributed by atoms with E-state index in [1.165, 1.54) is 15.8 Å². The van der Waals surface area contributed by atoms with Crippen LogP contribution >= 0.6 is 11.3 Å². The Morgan fingerprint density at radius 3 is 2.83 bits per heavy atom. The van der Waals surface area contributed by atoms with Gasteiger partial charge in [0.05, 0.1) is 5.39 Å². The maximum Gasteiger partial charge on any atom is 0.138 e. The van der Waals surface area contributed by atoms with Crippen molar-refractivity contribution in [3.8, 4) is 0 Å². The molecule has 1 unspecified atom stereocenters. The Kier molecular flexibility index (Phi) is 3.75.